The molecule has 26 heavy (non-hydrogen) atoms. The maximum atomic E-state index is 12.7. The van der Waals surface area contributed by atoms with Gasteiger partial charge in [-0.05, 0) is 57.6 Å². The quantitative estimate of drug-likeness (QED) is 0.671. The first-order valence-electron chi connectivity index (χ1n) is 9.87. The maximum absolute atomic E-state index is 12.7. The van der Waals surface area contributed by atoms with Crippen molar-refractivity contribution in [3.05, 3.63) is 35.9 Å². The molecule has 0 saturated carbocycles. The van der Waals surface area contributed by atoms with Crippen molar-refractivity contribution >= 4 is 24.9 Å². The van der Waals surface area contributed by atoms with E-state index in [1.807, 2.05) is 25.7 Å². The molecule has 0 aromatic heterocycles. The normalized spacial score (nSPS) is 23.5. The molecule has 0 N–H and O–H groups in total. The van der Waals surface area contributed by atoms with Crippen LogP contribution in [0.1, 0.15) is 52.0 Å². The Bertz CT molecular complexity index is 694. The van der Waals surface area contributed by atoms with Crippen LogP contribution in [0, 0.1) is 0 Å². The number of benzene rings is 1. The Balaban J connectivity index is 1.83. The Labute approximate surface area is 159 Å². The molecular formula is C22H33NO2Si. The van der Waals surface area contributed by atoms with Crippen LogP contribution in [-0.2, 0) is 4.74 Å². The summed E-state index contributed by atoms with van der Waals surface area (Å²) in [6.45, 7) is 12.9. The lowest BCUT2D eigenvalue weighted by molar-refractivity contribution is 0.0000855. The van der Waals surface area contributed by atoms with Gasteiger partial charge in [-0.3, -0.25) is 4.90 Å². The fraction of sp³-hybridized carbons (Fsp3) is 0.591. The van der Waals surface area contributed by atoms with Gasteiger partial charge in [0.05, 0.1) is 14.1 Å². The summed E-state index contributed by atoms with van der Waals surface area (Å²) in [7, 11) is -1.27. The van der Waals surface area contributed by atoms with Crippen molar-refractivity contribution in [3.8, 4) is 0 Å². The second-order valence-electron chi connectivity index (χ2n) is 9.76. The molecule has 1 aromatic rings. The Morgan fingerprint density at radius 1 is 1.12 bits per heavy atom. The molecule has 1 amide bonds. The smallest absolute Gasteiger partial charge is 0.411 e. The van der Waals surface area contributed by atoms with Gasteiger partial charge < -0.3 is 4.74 Å². The second kappa shape index (κ2) is 6.88. The van der Waals surface area contributed by atoms with Crippen molar-refractivity contribution in [3.63, 3.8) is 0 Å². The summed E-state index contributed by atoms with van der Waals surface area (Å²) < 4.78 is 5.67. The molecule has 2 heterocycles. The summed E-state index contributed by atoms with van der Waals surface area (Å²) in [6, 6.07) is 9.59. The molecule has 2 atom stereocenters. The van der Waals surface area contributed by atoms with Crippen molar-refractivity contribution in [2.75, 3.05) is 0 Å². The minimum absolute atomic E-state index is 0.156. The van der Waals surface area contributed by atoms with Crippen LogP contribution in [0.5, 0.6) is 0 Å². The predicted octanol–water partition coefficient (Wildman–Crippen LogP) is 5.18. The third-order valence-electron chi connectivity index (χ3n) is 5.36. The fourth-order valence-corrected chi connectivity index (χ4v) is 5.19. The second-order valence-corrected chi connectivity index (χ2v) is 14.8. The molecule has 4 heteroatoms. The monoisotopic (exact) mass is 371 g/mol. The molecule has 1 saturated heterocycles. The predicted molar refractivity (Wildman–Crippen MR) is 112 cm³/mol. The number of hydrogen-bond acceptors (Lipinski definition) is 2. The van der Waals surface area contributed by atoms with Gasteiger partial charge in [0.15, 0.2) is 0 Å². The average molecular weight is 372 g/mol. The van der Waals surface area contributed by atoms with Gasteiger partial charge in [0.1, 0.15) is 5.60 Å². The summed E-state index contributed by atoms with van der Waals surface area (Å²) in [5, 5.41) is 1.49. The summed E-state index contributed by atoms with van der Waals surface area (Å²) in [6.07, 6.45) is 6.38. The summed E-state index contributed by atoms with van der Waals surface area (Å²) >= 11 is 0. The molecule has 0 aliphatic carbocycles. The van der Waals surface area contributed by atoms with Gasteiger partial charge in [-0.1, -0.05) is 55.2 Å². The van der Waals surface area contributed by atoms with Gasteiger partial charge in [-0.25, -0.2) is 4.79 Å². The lowest BCUT2D eigenvalue weighted by atomic mass is 9.83. The Morgan fingerprint density at radius 2 is 1.77 bits per heavy atom. The van der Waals surface area contributed by atoms with E-state index in [0.717, 1.165) is 19.3 Å². The van der Waals surface area contributed by atoms with E-state index < -0.39 is 13.7 Å². The van der Waals surface area contributed by atoms with Crippen LogP contribution in [-0.4, -0.2) is 36.8 Å². The maximum Gasteiger partial charge on any atom is 0.411 e. The number of amides is 1. The van der Waals surface area contributed by atoms with Crippen molar-refractivity contribution in [2.24, 2.45) is 0 Å². The first-order chi connectivity index (χ1) is 12.0. The Morgan fingerprint density at radius 3 is 2.31 bits per heavy atom. The van der Waals surface area contributed by atoms with Crippen LogP contribution in [0.15, 0.2) is 30.3 Å². The van der Waals surface area contributed by atoms with Gasteiger partial charge in [0.25, 0.3) is 0 Å². The van der Waals surface area contributed by atoms with Gasteiger partial charge in [-0.2, -0.15) is 0 Å². The van der Waals surface area contributed by atoms with Crippen LogP contribution in [0.2, 0.25) is 19.6 Å². The molecule has 2 bridgehead atoms. The number of nitrogens with zero attached hydrogens (tertiary/aromatic N) is 1. The molecule has 2 aliphatic rings. The van der Waals surface area contributed by atoms with Crippen LogP contribution in [0.3, 0.4) is 0 Å². The molecule has 1 aromatic carbocycles. The zero-order valence-electron chi connectivity index (χ0n) is 17.1. The lowest BCUT2D eigenvalue weighted by Gasteiger charge is -2.45. The van der Waals surface area contributed by atoms with E-state index in [1.165, 1.54) is 22.7 Å². The molecule has 0 spiro atoms. The highest BCUT2D eigenvalue weighted by Crippen LogP contribution is 2.37. The summed E-state index contributed by atoms with van der Waals surface area (Å²) in [5.74, 6) is 0. The third kappa shape index (κ3) is 4.22. The topological polar surface area (TPSA) is 29.5 Å². The van der Waals surface area contributed by atoms with Crippen LogP contribution >= 0.6 is 0 Å². The Kier molecular flexibility index (Phi) is 5.08. The highest BCUT2D eigenvalue weighted by atomic mass is 28.3. The van der Waals surface area contributed by atoms with Gasteiger partial charge >= 0.3 is 6.09 Å². The van der Waals surface area contributed by atoms with Crippen LogP contribution in [0.4, 0.5) is 4.79 Å². The summed E-state index contributed by atoms with van der Waals surface area (Å²) in [4.78, 5) is 14.7. The third-order valence-corrected chi connectivity index (χ3v) is 7.43. The number of carbonyl (C=O) groups is 1. The highest BCUT2D eigenvalue weighted by Gasteiger charge is 2.39. The van der Waals surface area contributed by atoms with Crippen molar-refractivity contribution in [1.82, 2.24) is 4.90 Å². The van der Waals surface area contributed by atoms with Crippen molar-refractivity contribution in [1.29, 1.82) is 0 Å². The van der Waals surface area contributed by atoms with Crippen molar-refractivity contribution in [2.45, 2.75) is 83.8 Å². The molecule has 3 rings (SSSR count). The first-order valence-corrected chi connectivity index (χ1v) is 13.4. The van der Waals surface area contributed by atoms with E-state index in [2.05, 4.69) is 50.0 Å². The largest absolute Gasteiger partial charge is 0.444 e. The van der Waals surface area contributed by atoms with Gasteiger partial charge in [-0.15, -0.1) is 0 Å². The average Bonchev–Trinajstić information content (AvgIpc) is 2.51. The van der Waals surface area contributed by atoms with Gasteiger partial charge in [0, 0.05) is 6.04 Å². The molecule has 2 aliphatic heterocycles. The number of hydrogen-bond donors (Lipinski definition) is 0. The molecule has 142 valence electrons. The zero-order chi connectivity index (χ0) is 19.1. The highest BCUT2D eigenvalue weighted by molar-refractivity contribution is 6.88. The van der Waals surface area contributed by atoms with Crippen LogP contribution in [0.25, 0.3) is 5.57 Å². The van der Waals surface area contributed by atoms with Gasteiger partial charge in [0.2, 0.25) is 0 Å². The van der Waals surface area contributed by atoms with E-state index in [-0.39, 0.29) is 18.2 Å². The van der Waals surface area contributed by atoms with E-state index in [0.29, 0.717) is 0 Å². The van der Waals surface area contributed by atoms with Crippen LogP contribution < -0.4 is 5.19 Å². The molecule has 3 nitrogen and oxygen atoms in total. The number of ether oxygens (including phenoxy) is 1. The van der Waals surface area contributed by atoms with Crippen molar-refractivity contribution < 1.29 is 9.53 Å². The number of rotatable bonds is 2. The Hall–Kier alpha value is -1.55. The molecule has 2 unspecified atom stereocenters. The number of carbonyl (C=O) groups excluding carboxylic acids is 1. The standard InChI is InChI=1S/C22H33NO2Si/c1-22(2,3)25-21(24)23-18-8-7-9-19(23)15-17(14-18)16-10-12-20(13-11-16)26(4,5)6/h10-14,18-19H,7-9,15H2,1-6H3. The molecule has 1 fully saturated rings. The lowest BCUT2D eigenvalue weighted by Crippen LogP contribution is -2.53. The van der Waals surface area contributed by atoms with E-state index in [1.54, 1.807) is 0 Å². The molecular weight excluding hydrogens is 338 g/mol. The fourth-order valence-electron chi connectivity index (χ4n) is 4.03. The summed E-state index contributed by atoms with van der Waals surface area (Å²) in [5.41, 5.74) is 2.26. The zero-order valence-corrected chi connectivity index (χ0v) is 18.1. The first kappa shape index (κ1) is 19.2. The van der Waals surface area contributed by atoms with E-state index in [9.17, 15) is 4.79 Å². The molecule has 0 radical (unpaired) electrons. The van der Waals surface area contributed by atoms with E-state index >= 15 is 0 Å². The minimum Gasteiger partial charge on any atom is -0.444 e. The SMILES string of the molecule is CC(C)(C)OC(=O)N1C2C=C(c3ccc([Si](C)(C)C)cc3)CC1CCC2. The number of fused-ring (bicyclic) bond motifs is 2. The minimum atomic E-state index is -1.27. The van der Waals surface area contributed by atoms with E-state index in [4.69, 9.17) is 4.74 Å². The number of piperidine rings is 1.